The number of nitrogens with one attached hydrogen (secondary N) is 3. The molecule has 9 N–H and O–H groups in total. The van der Waals surface area contributed by atoms with Gasteiger partial charge >= 0.3 is 0 Å². The van der Waals surface area contributed by atoms with E-state index in [1.165, 1.54) is 45.1 Å². The summed E-state index contributed by atoms with van der Waals surface area (Å²) in [5, 5.41) is 5.89. The molecular weight excluding hydrogens is 342 g/mol. The predicted molar refractivity (Wildman–Crippen MR) is 109 cm³/mol. The number of carbonyl (C=O) groups excluding carboxylic acids is 2. The lowest BCUT2D eigenvalue weighted by molar-refractivity contribution is -0.900. The molecule has 2 atom stereocenters. The Balaban J connectivity index is 4.08. The van der Waals surface area contributed by atoms with Crippen LogP contribution in [0.3, 0.4) is 0 Å². The van der Waals surface area contributed by atoms with Crippen LogP contribution in [0, 0.1) is 0 Å². The van der Waals surface area contributed by atoms with Gasteiger partial charge in [0, 0.05) is 25.9 Å². The first-order valence-corrected chi connectivity index (χ1v) is 10.9. The van der Waals surface area contributed by atoms with Crippen LogP contribution in [-0.4, -0.2) is 56.6 Å². The van der Waals surface area contributed by atoms with Gasteiger partial charge in [0.25, 0.3) is 11.8 Å². The molecule has 0 aromatic heterocycles. The molecule has 27 heavy (non-hydrogen) atoms. The quantitative estimate of drug-likeness (QED) is 0.195. The summed E-state index contributed by atoms with van der Waals surface area (Å²) >= 11 is 0. The lowest BCUT2D eigenvalue weighted by Gasteiger charge is -2.20. The maximum Gasteiger partial charge on any atom is 0.277 e. The molecule has 0 aromatic rings. The molecule has 0 fully saturated rings. The van der Waals surface area contributed by atoms with Crippen molar-refractivity contribution in [1.82, 2.24) is 10.6 Å². The van der Waals surface area contributed by atoms with Gasteiger partial charge in [-0.25, -0.2) is 0 Å². The van der Waals surface area contributed by atoms with Crippen LogP contribution in [0.5, 0.6) is 0 Å². The zero-order valence-corrected chi connectivity index (χ0v) is 18.1. The minimum absolute atomic E-state index is 0.0254. The Morgan fingerprint density at radius 2 is 1.15 bits per heavy atom. The van der Waals surface area contributed by atoms with E-state index in [0.717, 1.165) is 25.9 Å². The molecule has 0 aliphatic heterocycles. The second-order valence-corrected chi connectivity index (χ2v) is 7.86. The van der Waals surface area contributed by atoms with Crippen molar-refractivity contribution in [2.75, 3.05) is 32.7 Å². The average molecular weight is 389 g/mol. The second kappa shape index (κ2) is 17.0. The molecular formula is C20H46N5O2+3. The first-order valence-electron chi connectivity index (χ1n) is 10.9. The number of amides is 2. The molecule has 0 radical (unpaired) electrons. The molecule has 2 amide bonds. The van der Waals surface area contributed by atoms with E-state index in [-0.39, 0.29) is 23.9 Å². The van der Waals surface area contributed by atoms with Crippen LogP contribution in [0.1, 0.15) is 72.1 Å². The Kier molecular flexibility index (Phi) is 16.2. The lowest BCUT2D eigenvalue weighted by atomic mass is 10.1. The Morgan fingerprint density at radius 3 is 1.59 bits per heavy atom. The highest BCUT2D eigenvalue weighted by Gasteiger charge is 2.13. The van der Waals surface area contributed by atoms with E-state index in [0.29, 0.717) is 13.1 Å². The summed E-state index contributed by atoms with van der Waals surface area (Å²) in [4.78, 5) is 24.7. The van der Waals surface area contributed by atoms with Crippen molar-refractivity contribution in [3.05, 3.63) is 0 Å². The fourth-order valence-electron chi connectivity index (χ4n) is 2.98. The number of quaternary nitrogens is 3. The standard InChI is InChI=1S/C20H43N5O2/c1-4-5-6-7-8-9-14-25(15-10-12-23-19(26)17(2)21)16-11-13-24-20(27)18(3)22/h17-18H,4-16,21-22H2,1-3H3,(H,23,26)(H,24,27)/p+3/t17-,18-/m0/s1. The molecule has 0 rings (SSSR count). The number of hydrogen-bond acceptors (Lipinski definition) is 2. The Bertz CT molecular complexity index is 361. The first-order chi connectivity index (χ1) is 12.9. The molecule has 0 aliphatic rings. The zero-order valence-electron chi connectivity index (χ0n) is 18.1. The highest BCUT2D eigenvalue weighted by molar-refractivity contribution is 5.79. The van der Waals surface area contributed by atoms with Gasteiger partial charge in [0.2, 0.25) is 0 Å². The van der Waals surface area contributed by atoms with Crippen LogP contribution in [0.15, 0.2) is 0 Å². The lowest BCUT2D eigenvalue weighted by Crippen LogP contribution is -3.12. The van der Waals surface area contributed by atoms with E-state index in [4.69, 9.17) is 0 Å². The summed E-state index contributed by atoms with van der Waals surface area (Å²) in [7, 11) is 0. The summed E-state index contributed by atoms with van der Waals surface area (Å²) in [6.07, 6.45) is 9.81. The zero-order chi connectivity index (χ0) is 20.5. The van der Waals surface area contributed by atoms with Crippen LogP contribution in [0.25, 0.3) is 0 Å². The van der Waals surface area contributed by atoms with Crippen molar-refractivity contribution in [3.63, 3.8) is 0 Å². The fourth-order valence-corrected chi connectivity index (χ4v) is 2.98. The van der Waals surface area contributed by atoms with E-state index in [1.54, 1.807) is 4.90 Å². The molecule has 0 saturated heterocycles. The number of rotatable bonds is 17. The third-order valence-electron chi connectivity index (χ3n) is 4.79. The van der Waals surface area contributed by atoms with E-state index in [1.807, 2.05) is 13.8 Å². The molecule has 0 aliphatic carbocycles. The number of carbonyl (C=O) groups is 2. The molecule has 0 spiro atoms. The fraction of sp³-hybridized carbons (Fsp3) is 0.900. The van der Waals surface area contributed by atoms with Gasteiger partial charge in [0.05, 0.1) is 19.6 Å². The Morgan fingerprint density at radius 1 is 0.741 bits per heavy atom. The van der Waals surface area contributed by atoms with Gasteiger partial charge in [-0.3, -0.25) is 9.59 Å². The summed E-state index contributed by atoms with van der Waals surface area (Å²) < 4.78 is 0. The van der Waals surface area contributed by atoms with Crippen molar-refractivity contribution >= 4 is 11.8 Å². The van der Waals surface area contributed by atoms with Crippen LogP contribution in [0.4, 0.5) is 0 Å². The van der Waals surface area contributed by atoms with Gasteiger partial charge < -0.3 is 27.0 Å². The predicted octanol–water partition coefficient (Wildman–Crippen LogP) is -1.49. The van der Waals surface area contributed by atoms with Gasteiger partial charge in [0.1, 0.15) is 0 Å². The smallest absolute Gasteiger partial charge is 0.277 e. The highest BCUT2D eigenvalue weighted by atomic mass is 16.2. The highest BCUT2D eigenvalue weighted by Crippen LogP contribution is 2.03. The minimum Gasteiger partial charge on any atom is -0.351 e. The van der Waals surface area contributed by atoms with E-state index < -0.39 is 0 Å². The largest absolute Gasteiger partial charge is 0.351 e. The Hall–Kier alpha value is -1.18. The monoisotopic (exact) mass is 388 g/mol. The van der Waals surface area contributed by atoms with Crippen LogP contribution >= 0.6 is 0 Å². The Labute approximate surface area is 166 Å². The van der Waals surface area contributed by atoms with Gasteiger partial charge in [-0.2, -0.15) is 0 Å². The topological polar surface area (TPSA) is 118 Å². The first kappa shape index (κ1) is 25.8. The van der Waals surface area contributed by atoms with Crippen molar-refractivity contribution in [3.8, 4) is 0 Å². The SMILES string of the molecule is CCCCCCCC[NH+](CCCNC(=O)[C@H](C)[NH3+])CCCNC(=O)[C@H](C)[NH3+]. The average Bonchev–Trinajstić information content (AvgIpc) is 2.63. The van der Waals surface area contributed by atoms with Crippen LogP contribution in [0.2, 0.25) is 0 Å². The normalized spacial score (nSPS) is 13.4. The molecule has 0 bridgehead atoms. The van der Waals surface area contributed by atoms with Crippen LogP contribution in [-0.2, 0) is 9.59 Å². The molecule has 7 nitrogen and oxygen atoms in total. The van der Waals surface area contributed by atoms with Gasteiger partial charge in [0.15, 0.2) is 12.1 Å². The summed E-state index contributed by atoms with van der Waals surface area (Å²) in [6.45, 7) is 10.6. The van der Waals surface area contributed by atoms with Crippen molar-refractivity contribution in [2.45, 2.75) is 84.2 Å². The molecule has 0 aromatic carbocycles. The van der Waals surface area contributed by atoms with Gasteiger partial charge in [-0.1, -0.05) is 32.6 Å². The molecule has 0 heterocycles. The summed E-state index contributed by atoms with van der Waals surface area (Å²) in [5.74, 6) is 0.0509. The maximum absolute atomic E-state index is 11.6. The van der Waals surface area contributed by atoms with Crippen molar-refractivity contribution in [2.24, 2.45) is 0 Å². The van der Waals surface area contributed by atoms with E-state index >= 15 is 0 Å². The van der Waals surface area contributed by atoms with E-state index in [9.17, 15) is 9.59 Å². The van der Waals surface area contributed by atoms with Gasteiger partial charge in [-0.15, -0.1) is 0 Å². The van der Waals surface area contributed by atoms with Gasteiger partial charge in [-0.05, 0) is 26.7 Å². The molecule has 7 heteroatoms. The summed E-state index contributed by atoms with van der Waals surface area (Å²) in [5.41, 5.74) is 7.49. The number of unbranched alkanes of at least 4 members (excludes halogenated alkanes) is 5. The third-order valence-corrected chi connectivity index (χ3v) is 4.79. The number of hydrogen-bond donors (Lipinski definition) is 5. The summed E-state index contributed by atoms with van der Waals surface area (Å²) in [6, 6.07) is -0.397. The molecule has 0 saturated carbocycles. The molecule has 160 valence electrons. The van der Waals surface area contributed by atoms with Crippen molar-refractivity contribution in [1.29, 1.82) is 0 Å². The van der Waals surface area contributed by atoms with Crippen LogP contribution < -0.4 is 27.0 Å². The second-order valence-electron chi connectivity index (χ2n) is 7.86. The van der Waals surface area contributed by atoms with Crippen molar-refractivity contribution < 1.29 is 26.0 Å². The third kappa shape index (κ3) is 15.6. The molecule has 0 unspecified atom stereocenters. The minimum atomic E-state index is -0.198. The maximum atomic E-state index is 11.6. The van der Waals surface area contributed by atoms with E-state index in [2.05, 4.69) is 29.0 Å².